The summed E-state index contributed by atoms with van der Waals surface area (Å²) in [7, 11) is 1.51. The summed E-state index contributed by atoms with van der Waals surface area (Å²) < 4.78 is 36.8. The van der Waals surface area contributed by atoms with Crippen LogP contribution in [0, 0.1) is 11.6 Å². The number of ketones is 1. The standard InChI is InChI=1S/C17H12F2O3/c1-21-12-3-5-16-13(8-12)17(20)11(9-22-16)6-10-2-4-14(18)15(19)7-10/h2-8H,9H2,1H3/b11-6-. The van der Waals surface area contributed by atoms with Crippen LogP contribution in [0.1, 0.15) is 15.9 Å². The summed E-state index contributed by atoms with van der Waals surface area (Å²) >= 11 is 0. The third-order valence-corrected chi connectivity index (χ3v) is 3.39. The van der Waals surface area contributed by atoms with Crippen molar-refractivity contribution in [2.45, 2.75) is 0 Å². The number of methoxy groups -OCH3 is 1. The smallest absolute Gasteiger partial charge is 0.196 e. The van der Waals surface area contributed by atoms with Crippen LogP contribution in [0.5, 0.6) is 11.5 Å². The molecule has 0 aliphatic carbocycles. The Morgan fingerprint density at radius 1 is 1.14 bits per heavy atom. The number of rotatable bonds is 2. The number of ether oxygens (including phenoxy) is 2. The zero-order valence-electron chi connectivity index (χ0n) is 11.7. The maximum absolute atomic E-state index is 13.2. The average molecular weight is 302 g/mol. The highest BCUT2D eigenvalue weighted by Crippen LogP contribution is 2.31. The molecule has 0 bridgehead atoms. The summed E-state index contributed by atoms with van der Waals surface area (Å²) in [5.74, 6) is -1.08. The Morgan fingerprint density at radius 2 is 1.95 bits per heavy atom. The number of hydrogen-bond donors (Lipinski definition) is 0. The molecule has 2 aromatic carbocycles. The van der Waals surface area contributed by atoms with Crippen molar-refractivity contribution in [2.24, 2.45) is 0 Å². The van der Waals surface area contributed by atoms with Crippen LogP contribution in [0.2, 0.25) is 0 Å². The van der Waals surface area contributed by atoms with Gasteiger partial charge in [0.1, 0.15) is 18.1 Å². The largest absolute Gasteiger partial charge is 0.497 e. The van der Waals surface area contributed by atoms with E-state index in [9.17, 15) is 13.6 Å². The van der Waals surface area contributed by atoms with E-state index < -0.39 is 11.6 Å². The van der Waals surface area contributed by atoms with Gasteiger partial charge in [0.05, 0.1) is 12.7 Å². The van der Waals surface area contributed by atoms with Crippen molar-refractivity contribution < 1.29 is 23.0 Å². The normalized spacial score (nSPS) is 15.4. The molecule has 0 aromatic heterocycles. The first-order valence-corrected chi connectivity index (χ1v) is 6.59. The molecule has 0 N–H and O–H groups in total. The maximum Gasteiger partial charge on any atom is 0.196 e. The molecule has 2 aromatic rings. The molecule has 0 fully saturated rings. The van der Waals surface area contributed by atoms with Gasteiger partial charge in [0.25, 0.3) is 0 Å². The lowest BCUT2D eigenvalue weighted by Gasteiger charge is -2.19. The molecular weight excluding hydrogens is 290 g/mol. The zero-order valence-corrected chi connectivity index (χ0v) is 11.7. The van der Waals surface area contributed by atoms with Crippen molar-refractivity contribution in [3.8, 4) is 11.5 Å². The van der Waals surface area contributed by atoms with Gasteiger partial charge in [0, 0.05) is 5.57 Å². The fourth-order valence-electron chi connectivity index (χ4n) is 2.24. The number of carbonyl (C=O) groups is 1. The van der Waals surface area contributed by atoms with Crippen molar-refractivity contribution >= 4 is 11.9 Å². The molecule has 1 aliphatic rings. The van der Waals surface area contributed by atoms with Crippen molar-refractivity contribution in [1.29, 1.82) is 0 Å². The van der Waals surface area contributed by atoms with Crippen LogP contribution in [0.4, 0.5) is 8.78 Å². The summed E-state index contributed by atoms with van der Waals surface area (Å²) in [6, 6.07) is 8.43. The van der Waals surface area contributed by atoms with Crippen LogP contribution in [-0.2, 0) is 0 Å². The molecule has 0 saturated heterocycles. The SMILES string of the molecule is COc1ccc2c(c1)C(=O)/C(=C\c1ccc(F)c(F)c1)CO2. The van der Waals surface area contributed by atoms with Gasteiger partial charge in [0.15, 0.2) is 17.4 Å². The van der Waals surface area contributed by atoms with Crippen LogP contribution in [0.25, 0.3) is 6.08 Å². The highest BCUT2D eigenvalue weighted by molar-refractivity contribution is 6.14. The first kappa shape index (κ1) is 14.3. The molecule has 0 unspecified atom stereocenters. The molecule has 1 heterocycles. The topological polar surface area (TPSA) is 35.5 Å². The molecule has 5 heteroatoms. The number of carbonyl (C=O) groups excluding carboxylic acids is 1. The first-order chi connectivity index (χ1) is 10.6. The lowest BCUT2D eigenvalue weighted by Crippen LogP contribution is -2.19. The van der Waals surface area contributed by atoms with Crippen LogP contribution in [0.15, 0.2) is 42.0 Å². The first-order valence-electron chi connectivity index (χ1n) is 6.59. The number of hydrogen-bond acceptors (Lipinski definition) is 3. The quantitative estimate of drug-likeness (QED) is 0.795. The van der Waals surface area contributed by atoms with E-state index in [4.69, 9.17) is 9.47 Å². The third kappa shape index (κ3) is 2.57. The molecule has 0 atom stereocenters. The number of Topliss-reactive ketones (excluding diaryl/α,β-unsaturated/α-hetero) is 1. The van der Waals surface area contributed by atoms with Crippen molar-refractivity contribution in [1.82, 2.24) is 0 Å². The predicted octanol–water partition coefficient (Wildman–Crippen LogP) is 3.63. The monoisotopic (exact) mass is 302 g/mol. The van der Waals surface area contributed by atoms with E-state index in [0.717, 1.165) is 12.1 Å². The second-order valence-corrected chi connectivity index (χ2v) is 4.82. The Labute approximate surface area is 125 Å². The molecule has 3 rings (SSSR count). The Hall–Kier alpha value is -2.69. The Kier molecular flexibility index (Phi) is 3.63. The zero-order chi connectivity index (χ0) is 15.7. The minimum atomic E-state index is -0.958. The lowest BCUT2D eigenvalue weighted by molar-refractivity contribution is 0.100. The van der Waals surface area contributed by atoms with Crippen LogP contribution in [-0.4, -0.2) is 19.5 Å². The minimum absolute atomic E-state index is 0.0805. The molecule has 0 radical (unpaired) electrons. The molecular formula is C17H12F2O3. The Morgan fingerprint density at radius 3 is 2.68 bits per heavy atom. The highest BCUT2D eigenvalue weighted by atomic mass is 19.2. The maximum atomic E-state index is 13.2. The average Bonchev–Trinajstić information content (AvgIpc) is 2.53. The van der Waals surface area contributed by atoms with E-state index in [1.54, 1.807) is 18.2 Å². The Bertz CT molecular complexity index is 781. The van der Waals surface area contributed by atoms with Gasteiger partial charge >= 0.3 is 0 Å². The van der Waals surface area contributed by atoms with Crippen molar-refractivity contribution in [3.05, 3.63) is 64.7 Å². The molecule has 0 amide bonds. The van der Waals surface area contributed by atoms with Crippen LogP contribution < -0.4 is 9.47 Å². The molecule has 112 valence electrons. The van der Waals surface area contributed by atoms with Gasteiger partial charge < -0.3 is 9.47 Å². The number of benzene rings is 2. The van der Waals surface area contributed by atoms with E-state index in [1.807, 2.05) is 0 Å². The van der Waals surface area contributed by atoms with Crippen molar-refractivity contribution in [2.75, 3.05) is 13.7 Å². The van der Waals surface area contributed by atoms with Gasteiger partial charge in [-0.1, -0.05) is 6.07 Å². The summed E-state index contributed by atoms with van der Waals surface area (Å²) in [5.41, 5.74) is 1.16. The second-order valence-electron chi connectivity index (χ2n) is 4.82. The van der Waals surface area contributed by atoms with Gasteiger partial charge in [-0.2, -0.15) is 0 Å². The van der Waals surface area contributed by atoms with Crippen LogP contribution >= 0.6 is 0 Å². The highest BCUT2D eigenvalue weighted by Gasteiger charge is 2.24. The Balaban J connectivity index is 1.97. The second kappa shape index (κ2) is 5.60. The van der Waals surface area contributed by atoms with Crippen molar-refractivity contribution in [3.63, 3.8) is 0 Å². The summed E-state index contributed by atoms with van der Waals surface area (Å²) in [6.45, 7) is 0.0805. The number of halogens is 2. The summed E-state index contributed by atoms with van der Waals surface area (Å²) in [6.07, 6.45) is 1.49. The predicted molar refractivity (Wildman–Crippen MR) is 77.2 cm³/mol. The molecule has 22 heavy (non-hydrogen) atoms. The minimum Gasteiger partial charge on any atom is -0.497 e. The fourth-order valence-corrected chi connectivity index (χ4v) is 2.24. The van der Waals surface area contributed by atoms with Gasteiger partial charge in [0.2, 0.25) is 0 Å². The fraction of sp³-hybridized carbons (Fsp3) is 0.118. The van der Waals surface area contributed by atoms with E-state index in [2.05, 4.69) is 0 Å². The van der Waals surface area contributed by atoms with Gasteiger partial charge in [-0.05, 0) is 42.0 Å². The van der Waals surface area contributed by atoms with Crippen LogP contribution in [0.3, 0.4) is 0 Å². The van der Waals surface area contributed by atoms with Gasteiger partial charge in [-0.3, -0.25) is 4.79 Å². The van der Waals surface area contributed by atoms with E-state index >= 15 is 0 Å². The third-order valence-electron chi connectivity index (χ3n) is 3.39. The summed E-state index contributed by atoms with van der Waals surface area (Å²) in [5, 5.41) is 0. The molecule has 3 nitrogen and oxygen atoms in total. The van der Waals surface area contributed by atoms with Gasteiger partial charge in [-0.25, -0.2) is 8.78 Å². The molecule has 0 saturated carbocycles. The van der Waals surface area contributed by atoms with E-state index in [1.165, 1.54) is 19.3 Å². The van der Waals surface area contributed by atoms with Gasteiger partial charge in [-0.15, -0.1) is 0 Å². The van der Waals surface area contributed by atoms with E-state index in [0.29, 0.717) is 28.2 Å². The molecule has 0 spiro atoms. The lowest BCUT2D eigenvalue weighted by atomic mass is 9.98. The van der Waals surface area contributed by atoms with E-state index in [-0.39, 0.29) is 12.4 Å². The summed E-state index contributed by atoms with van der Waals surface area (Å²) in [4.78, 5) is 12.5. The number of fused-ring (bicyclic) bond motifs is 1. The molecule has 1 aliphatic heterocycles.